The molecule has 3 heterocycles. The van der Waals surface area contributed by atoms with E-state index in [-0.39, 0.29) is 23.1 Å². The number of amides is 2. The van der Waals surface area contributed by atoms with Crippen LogP contribution in [0.1, 0.15) is 29.3 Å². The fourth-order valence-corrected chi connectivity index (χ4v) is 4.08. The number of aromatic nitrogens is 1. The zero-order valence-corrected chi connectivity index (χ0v) is 14.6. The van der Waals surface area contributed by atoms with Crippen molar-refractivity contribution in [1.82, 2.24) is 14.8 Å². The SMILES string of the molecule is COC[C@@]12CCN(C(=O)c3cncc(C)c3)C[C@@H]1CN(C(C)=O)C2. The lowest BCUT2D eigenvalue weighted by atomic mass is 9.73. The number of pyridine rings is 1. The summed E-state index contributed by atoms with van der Waals surface area (Å²) in [6.45, 7) is 6.97. The smallest absolute Gasteiger partial charge is 0.255 e. The van der Waals surface area contributed by atoms with E-state index in [4.69, 9.17) is 4.74 Å². The maximum atomic E-state index is 12.8. The van der Waals surface area contributed by atoms with Crippen LogP contribution < -0.4 is 0 Å². The summed E-state index contributed by atoms with van der Waals surface area (Å²) in [5.74, 6) is 0.385. The van der Waals surface area contributed by atoms with E-state index in [1.807, 2.05) is 22.8 Å². The third-order valence-electron chi connectivity index (χ3n) is 5.42. The number of piperidine rings is 1. The van der Waals surface area contributed by atoms with Gasteiger partial charge in [0.05, 0.1) is 12.2 Å². The normalized spacial score (nSPS) is 26.4. The average Bonchev–Trinajstić information content (AvgIpc) is 2.93. The van der Waals surface area contributed by atoms with E-state index in [0.717, 1.165) is 18.5 Å². The van der Waals surface area contributed by atoms with Crippen LogP contribution in [0.25, 0.3) is 0 Å². The fraction of sp³-hybridized carbons (Fsp3) is 0.611. The van der Waals surface area contributed by atoms with Gasteiger partial charge in [-0.05, 0) is 25.0 Å². The number of carbonyl (C=O) groups is 2. The van der Waals surface area contributed by atoms with Crippen LogP contribution in [0.5, 0.6) is 0 Å². The van der Waals surface area contributed by atoms with E-state index in [9.17, 15) is 9.59 Å². The van der Waals surface area contributed by atoms with Gasteiger partial charge in [-0.1, -0.05) is 0 Å². The van der Waals surface area contributed by atoms with Crippen LogP contribution in [0.4, 0.5) is 0 Å². The summed E-state index contributed by atoms with van der Waals surface area (Å²) in [7, 11) is 1.71. The molecule has 3 rings (SSSR count). The first-order valence-electron chi connectivity index (χ1n) is 8.40. The lowest BCUT2D eigenvalue weighted by Crippen LogP contribution is -2.50. The molecule has 130 valence electrons. The molecule has 0 N–H and O–H groups in total. The van der Waals surface area contributed by atoms with Crippen LogP contribution in [0.15, 0.2) is 18.5 Å². The van der Waals surface area contributed by atoms with E-state index < -0.39 is 0 Å². The Morgan fingerprint density at radius 2 is 2.08 bits per heavy atom. The Morgan fingerprint density at radius 1 is 1.33 bits per heavy atom. The van der Waals surface area contributed by atoms with Crippen molar-refractivity contribution in [3.8, 4) is 0 Å². The number of aryl methyl sites for hydroxylation is 1. The molecular formula is C18H25N3O3. The van der Waals surface area contributed by atoms with Crippen LogP contribution in [0, 0.1) is 18.3 Å². The highest BCUT2D eigenvalue weighted by Crippen LogP contribution is 2.43. The van der Waals surface area contributed by atoms with Gasteiger partial charge < -0.3 is 14.5 Å². The number of ether oxygens (including phenoxy) is 1. The predicted molar refractivity (Wildman–Crippen MR) is 89.5 cm³/mol. The summed E-state index contributed by atoms with van der Waals surface area (Å²) in [6, 6.07) is 1.88. The first-order valence-corrected chi connectivity index (χ1v) is 8.40. The van der Waals surface area contributed by atoms with Gasteiger partial charge in [0.25, 0.3) is 5.91 Å². The predicted octanol–water partition coefficient (Wildman–Crippen LogP) is 1.35. The van der Waals surface area contributed by atoms with Crippen molar-refractivity contribution < 1.29 is 14.3 Å². The molecule has 0 saturated carbocycles. The first-order chi connectivity index (χ1) is 11.4. The second-order valence-corrected chi connectivity index (χ2v) is 7.14. The number of methoxy groups -OCH3 is 1. The van der Waals surface area contributed by atoms with Crippen LogP contribution in [-0.4, -0.2) is 66.5 Å². The maximum absolute atomic E-state index is 12.8. The number of nitrogens with zero attached hydrogens (tertiary/aromatic N) is 3. The van der Waals surface area contributed by atoms with Gasteiger partial charge in [-0.25, -0.2) is 0 Å². The lowest BCUT2D eigenvalue weighted by Gasteiger charge is -2.43. The van der Waals surface area contributed by atoms with Crippen molar-refractivity contribution in [3.63, 3.8) is 0 Å². The van der Waals surface area contributed by atoms with Crippen molar-refractivity contribution in [2.45, 2.75) is 20.3 Å². The first kappa shape index (κ1) is 16.9. The highest BCUT2D eigenvalue weighted by Gasteiger charge is 2.50. The van der Waals surface area contributed by atoms with E-state index >= 15 is 0 Å². The Hall–Kier alpha value is -1.95. The summed E-state index contributed by atoms with van der Waals surface area (Å²) in [5.41, 5.74) is 1.59. The molecule has 2 atom stereocenters. The van der Waals surface area contributed by atoms with Gasteiger partial charge >= 0.3 is 0 Å². The van der Waals surface area contributed by atoms with Gasteiger partial charge in [-0.3, -0.25) is 14.6 Å². The van der Waals surface area contributed by atoms with Crippen LogP contribution >= 0.6 is 0 Å². The molecule has 0 radical (unpaired) electrons. The zero-order valence-electron chi connectivity index (χ0n) is 14.6. The summed E-state index contributed by atoms with van der Waals surface area (Å²) in [6.07, 6.45) is 4.24. The summed E-state index contributed by atoms with van der Waals surface area (Å²) in [5, 5.41) is 0. The summed E-state index contributed by atoms with van der Waals surface area (Å²) < 4.78 is 5.46. The minimum Gasteiger partial charge on any atom is -0.384 e. The number of likely N-dealkylation sites (tertiary alicyclic amines) is 2. The monoisotopic (exact) mass is 331 g/mol. The van der Waals surface area contributed by atoms with E-state index in [0.29, 0.717) is 31.8 Å². The molecule has 2 aliphatic heterocycles. The topological polar surface area (TPSA) is 62.7 Å². The molecule has 0 bridgehead atoms. The molecule has 2 aliphatic rings. The second-order valence-electron chi connectivity index (χ2n) is 7.14. The summed E-state index contributed by atoms with van der Waals surface area (Å²) >= 11 is 0. The minimum atomic E-state index is -0.0257. The second kappa shape index (κ2) is 6.51. The average molecular weight is 331 g/mol. The number of fused-ring (bicyclic) bond motifs is 1. The van der Waals surface area contributed by atoms with Crippen LogP contribution in [-0.2, 0) is 9.53 Å². The number of rotatable bonds is 3. The number of hydrogen-bond acceptors (Lipinski definition) is 4. The van der Waals surface area contributed by atoms with Gasteiger partial charge in [0, 0.05) is 63.9 Å². The zero-order chi connectivity index (χ0) is 17.3. The molecule has 0 unspecified atom stereocenters. The molecular weight excluding hydrogens is 306 g/mol. The molecule has 2 saturated heterocycles. The molecule has 24 heavy (non-hydrogen) atoms. The van der Waals surface area contributed by atoms with Crippen molar-refractivity contribution in [3.05, 3.63) is 29.6 Å². The van der Waals surface area contributed by atoms with Crippen molar-refractivity contribution >= 4 is 11.8 Å². The number of carbonyl (C=O) groups excluding carboxylic acids is 2. The van der Waals surface area contributed by atoms with Gasteiger partial charge in [-0.15, -0.1) is 0 Å². The Kier molecular flexibility index (Phi) is 4.58. The molecule has 1 aromatic rings. The van der Waals surface area contributed by atoms with E-state index in [2.05, 4.69) is 4.98 Å². The molecule has 1 aromatic heterocycles. The fourth-order valence-electron chi connectivity index (χ4n) is 4.08. The van der Waals surface area contributed by atoms with Gasteiger partial charge in [-0.2, -0.15) is 0 Å². The molecule has 0 aliphatic carbocycles. The molecule has 2 fully saturated rings. The molecule has 0 spiro atoms. The van der Waals surface area contributed by atoms with Gasteiger partial charge in [0.15, 0.2) is 0 Å². The third kappa shape index (κ3) is 3.02. The summed E-state index contributed by atoms with van der Waals surface area (Å²) in [4.78, 5) is 32.5. The van der Waals surface area contributed by atoms with Crippen LogP contribution in [0.2, 0.25) is 0 Å². The maximum Gasteiger partial charge on any atom is 0.255 e. The Labute approximate surface area is 142 Å². The van der Waals surface area contributed by atoms with Crippen molar-refractivity contribution in [2.75, 3.05) is 39.9 Å². The standard InChI is InChI=1S/C18H25N3O3/c1-13-6-15(8-19-7-13)17(23)20-5-4-18(12-24-3)11-21(14(2)22)10-16(18)9-20/h6-8,16H,4-5,9-12H2,1-3H3/t16-,18+/m1/s1. The minimum absolute atomic E-state index is 0.0257. The van der Waals surface area contributed by atoms with E-state index in [1.54, 1.807) is 26.4 Å². The van der Waals surface area contributed by atoms with Crippen molar-refractivity contribution in [1.29, 1.82) is 0 Å². The Bertz CT molecular complexity index is 648. The molecule has 0 aromatic carbocycles. The third-order valence-corrected chi connectivity index (χ3v) is 5.42. The molecule has 6 heteroatoms. The molecule has 2 amide bonds. The van der Waals surface area contributed by atoms with E-state index in [1.165, 1.54) is 0 Å². The van der Waals surface area contributed by atoms with Gasteiger partial charge in [0.1, 0.15) is 0 Å². The molecule has 6 nitrogen and oxygen atoms in total. The highest BCUT2D eigenvalue weighted by molar-refractivity contribution is 5.94. The van der Waals surface area contributed by atoms with Crippen LogP contribution in [0.3, 0.4) is 0 Å². The number of hydrogen-bond donors (Lipinski definition) is 0. The highest BCUT2D eigenvalue weighted by atomic mass is 16.5. The quantitative estimate of drug-likeness (QED) is 0.839. The Morgan fingerprint density at radius 3 is 2.75 bits per heavy atom. The largest absolute Gasteiger partial charge is 0.384 e. The van der Waals surface area contributed by atoms with Crippen molar-refractivity contribution in [2.24, 2.45) is 11.3 Å². The van der Waals surface area contributed by atoms with Gasteiger partial charge in [0.2, 0.25) is 5.91 Å². The Balaban J connectivity index is 1.77. The lowest BCUT2D eigenvalue weighted by molar-refractivity contribution is -0.128.